The molecule has 20 heavy (non-hydrogen) atoms. The lowest BCUT2D eigenvalue weighted by atomic mass is 10.0. The number of hydrogen-bond acceptors (Lipinski definition) is 4. The Labute approximate surface area is 121 Å². The zero-order chi connectivity index (χ0) is 14.1. The highest BCUT2D eigenvalue weighted by Crippen LogP contribution is 2.36. The molecule has 0 aliphatic carbocycles. The first-order chi connectivity index (χ1) is 9.72. The van der Waals surface area contributed by atoms with Gasteiger partial charge in [0.2, 0.25) is 0 Å². The van der Waals surface area contributed by atoms with Gasteiger partial charge in [-0.25, -0.2) is 0 Å². The summed E-state index contributed by atoms with van der Waals surface area (Å²) in [6.07, 6.45) is 0. The van der Waals surface area contributed by atoms with E-state index in [0.29, 0.717) is 6.04 Å². The Hall–Kier alpha value is -1.26. The van der Waals surface area contributed by atoms with Crippen molar-refractivity contribution in [2.75, 3.05) is 40.4 Å². The van der Waals surface area contributed by atoms with Gasteiger partial charge in [0.05, 0.1) is 14.2 Å². The Bertz CT molecular complexity index is 466. The molecule has 1 unspecified atom stereocenters. The molecule has 1 N–H and O–H groups in total. The summed E-state index contributed by atoms with van der Waals surface area (Å²) in [5.41, 5.74) is 1.30. The fourth-order valence-corrected chi connectivity index (χ4v) is 3.53. The molecule has 0 amide bonds. The maximum atomic E-state index is 5.41. The number of benzene rings is 1. The second-order valence-corrected chi connectivity index (χ2v) is 5.92. The van der Waals surface area contributed by atoms with Crippen molar-refractivity contribution >= 4 is 0 Å². The second kappa shape index (κ2) is 5.62. The van der Waals surface area contributed by atoms with E-state index < -0.39 is 0 Å². The van der Waals surface area contributed by atoms with Crippen molar-refractivity contribution < 1.29 is 9.47 Å². The van der Waals surface area contributed by atoms with Crippen LogP contribution in [0.2, 0.25) is 0 Å². The van der Waals surface area contributed by atoms with Gasteiger partial charge in [0, 0.05) is 19.1 Å². The van der Waals surface area contributed by atoms with Crippen molar-refractivity contribution in [3.8, 4) is 11.5 Å². The van der Waals surface area contributed by atoms with E-state index in [1.165, 1.54) is 31.7 Å². The first-order valence-corrected chi connectivity index (χ1v) is 7.39. The number of likely N-dealkylation sites (tertiary alicyclic amines) is 1. The van der Waals surface area contributed by atoms with Gasteiger partial charge < -0.3 is 14.8 Å². The van der Waals surface area contributed by atoms with E-state index >= 15 is 0 Å². The largest absolute Gasteiger partial charge is 0.493 e. The molecule has 4 heteroatoms. The lowest BCUT2D eigenvalue weighted by Crippen LogP contribution is -2.28. The van der Waals surface area contributed by atoms with Crippen LogP contribution in [0.15, 0.2) is 18.2 Å². The Kier molecular flexibility index (Phi) is 3.85. The zero-order valence-electron chi connectivity index (χ0n) is 12.6. The van der Waals surface area contributed by atoms with E-state index in [4.69, 9.17) is 9.47 Å². The quantitative estimate of drug-likeness (QED) is 0.911. The molecule has 0 radical (unpaired) electrons. The SMILES string of the molecule is COc1ccc(C(C)N2C[C@H]3CNC[C@H]3C2)cc1OC. The van der Waals surface area contributed by atoms with Crippen LogP contribution in [0.5, 0.6) is 11.5 Å². The fraction of sp³-hybridized carbons (Fsp3) is 0.625. The zero-order valence-corrected chi connectivity index (χ0v) is 12.6. The van der Waals surface area contributed by atoms with Crippen LogP contribution in [0.25, 0.3) is 0 Å². The number of ether oxygens (including phenoxy) is 2. The average Bonchev–Trinajstić information content (AvgIpc) is 3.06. The Balaban J connectivity index is 1.75. The normalized spacial score (nSPS) is 27.4. The summed E-state index contributed by atoms with van der Waals surface area (Å²) in [5, 5.41) is 3.49. The molecule has 1 aromatic rings. The summed E-state index contributed by atoms with van der Waals surface area (Å²) < 4.78 is 10.7. The highest BCUT2D eigenvalue weighted by atomic mass is 16.5. The minimum Gasteiger partial charge on any atom is -0.493 e. The first kappa shape index (κ1) is 13.7. The molecule has 2 heterocycles. The number of nitrogens with zero attached hydrogens (tertiary/aromatic N) is 1. The summed E-state index contributed by atoms with van der Waals surface area (Å²) in [5.74, 6) is 3.28. The van der Waals surface area contributed by atoms with E-state index in [1.807, 2.05) is 6.07 Å². The molecule has 2 aliphatic rings. The minimum absolute atomic E-state index is 0.431. The van der Waals surface area contributed by atoms with Gasteiger partial charge >= 0.3 is 0 Å². The third-order valence-electron chi connectivity index (χ3n) is 4.86. The van der Waals surface area contributed by atoms with Crippen LogP contribution in [-0.4, -0.2) is 45.3 Å². The summed E-state index contributed by atoms with van der Waals surface area (Å²) in [7, 11) is 3.37. The number of methoxy groups -OCH3 is 2. The molecular formula is C16H24N2O2. The fourth-order valence-electron chi connectivity index (χ4n) is 3.53. The van der Waals surface area contributed by atoms with Crippen LogP contribution in [0.1, 0.15) is 18.5 Å². The van der Waals surface area contributed by atoms with E-state index in [9.17, 15) is 0 Å². The van der Waals surface area contributed by atoms with Gasteiger partial charge in [-0.05, 0) is 49.5 Å². The Morgan fingerprint density at radius 2 is 1.75 bits per heavy atom. The predicted octanol–water partition coefficient (Wildman–Crippen LogP) is 1.92. The van der Waals surface area contributed by atoms with E-state index in [2.05, 4.69) is 29.3 Å². The van der Waals surface area contributed by atoms with Crippen LogP contribution in [0, 0.1) is 11.8 Å². The summed E-state index contributed by atoms with van der Waals surface area (Å²) in [6.45, 7) is 7.05. The summed E-state index contributed by atoms with van der Waals surface area (Å²) in [4.78, 5) is 2.59. The molecule has 110 valence electrons. The second-order valence-electron chi connectivity index (χ2n) is 5.92. The minimum atomic E-state index is 0.431. The van der Waals surface area contributed by atoms with Crippen molar-refractivity contribution in [1.82, 2.24) is 10.2 Å². The van der Waals surface area contributed by atoms with Crippen molar-refractivity contribution in [2.45, 2.75) is 13.0 Å². The first-order valence-electron chi connectivity index (χ1n) is 7.39. The number of rotatable bonds is 4. The standard InChI is InChI=1S/C16H24N2O2/c1-11(18-9-13-7-17-8-14(13)10-18)12-4-5-15(19-2)16(6-12)20-3/h4-6,11,13-14,17H,7-10H2,1-3H3/t11?,13-,14+. The van der Waals surface area contributed by atoms with E-state index in [1.54, 1.807) is 14.2 Å². The highest BCUT2D eigenvalue weighted by molar-refractivity contribution is 5.43. The van der Waals surface area contributed by atoms with Gasteiger partial charge in [-0.3, -0.25) is 4.90 Å². The molecule has 0 spiro atoms. The van der Waals surface area contributed by atoms with Crippen LogP contribution < -0.4 is 14.8 Å². The molecule has 4 nitrogen and oxygen atoms in total. The van der Waals surface area contributed by atoms with Gasteiger partial charge in [-0.15, -0.1) is 0 Å². The maximum absolute atomic E-state index is 5.41. The smallest absolute Gasteiger partial charge is 0.161 e. The van der Waals surface area contributed by atoms with Crippen molar-refractivity contribution in [3.05, 3.63) is 23.8 Å². The van der Waals surface area contributed by atoms with Crippen molar-refractivity contribution in [1.29, 1.82) is 0 Å². The Morgan fingerprint density at radius 1 is 1.10 bits per heavy atom. The molecule has 2 aliphatic heterocycles. The topological polar surface area (TPSA) is 33.7 Å². The third kappa shape index (κ3) is 2.38. The number of nitrogens with one attached hydrogen (secondary N) is 1. The van der Waals surface area contributed by atoms with E-state index in [-0.39, 0.29) is 0 Å². The van der Waals surface area contributed by atoms with Crippen LogP contribution >= 0.6 is 0 Å². The predicted molar refractivity (Wildman–Crippen MR) is 79.4 cm³/mol. The molecule has 0 aromatic heterocycles. The van der Waals surface area contributed by atoms with Gasteiger partial charge in [0.25, 0.3) is 0 Å². The number of hydrogen-bond donors (Lipinski definition) is 1. The molecule has 0 saturated carbocycles. The molecule has 3 atom stereocenters. The monoisotopic (exact) mass is 276 g/mol. The average molecular weight is 276 g/mol. The lowest BCUT2D eigenvalue weighted by Gasteiger charge is -2.26. The van der Waals surface area contributed by atoms with Crippen molar-refractivity contribution in [3.63, 3.8) is 0 Å². The van der Waals surface area contributed by atoms with Gasteiger partial charge in [0.1, 0.15) is 0 Å². The third-order valence-corrected chi connectivity index (χ3v) is 4.86. The summed E-state index contributed by atoms with van der Waals surface area (Å²) in [6, 6.07) is 6.69. The highest BCUT2D eigenvalue weighted by Gasteiger charge is 2.37. The molecule has 0 bridgehead atoms. The molecule has 2 saturated heterocycles. The van der Waals surface area contributed by atoms with E-state index in [0.717, 1.165) is 23.3 Å². The molecule has 1 aromatic carbocycles. The van der Waals surface area contributed by atoms with Crippen molar-refractivity contribution in [2.24, 2.45) is 11.8 Å². The van der Waals surface area contributed by atoms with Crippen LogP contribution in [-0.2, 0) is 0 Å². The lowest BCUT2D eigenvalue weighted by molar-refractivity contribution is 0.243. The van der Waals surface area contributed by atoms with Gasteiger partial charge in [-0.1, -0.05) is 6.07 Å². The maximum Gasteiger partial charge on any atom is 0.161 e. The molecular weight excluding hydrogens is 252 g/mol. The van der Waals surface area contributed by atoms with Crippen LogP contribution in [0.4, 0.5) is 0 Å². The van der Waals surface area contributed by atoms with Gasteiger partial charge in [0.15, 0.2) is 11.5 Å². The van der Waals surface area contributed by atoms with Crippen LogP contribution in [0.3, 0.4) is 0 Å². The molecule has 2 fully saturated rings. The Morgan fingerprint density at radius 3 is 2.35 bits per heavy atom. The van der Waals surface area contributed by atoms with Gasteiger partial charge in [-0.2, -0.15) is 0 Å². The number of fused-ring (bicyclic) bond motifs is 1. The summed E-state index contributed by atoms with van der Waals surface area (Å²) >= 11 is 0. The molecule has 3 rings (SSSR count).